The van der Waals surface area contributed by atoms with E-state index >= 15 is 0 Å². The minimum absolute atomic E-state index is 0.742. The van der Waals surface area contributed by atoms with Gasteiger partial charge in [0, 0.05) is 0 Å². The van der Waals surface area contributed by atoms with E-state index in [-0.39, 0.29) is 0 Å². The topological polar surface area (TPSA) is 52.0 Å². The maximum absolute atomic E-state index is 5.69. The molecule has 0 saturated carbocycles. The molecule has 2 nitrogen and oxygen atoms in total. The van der Waals surface area contributed by atoms with Crippen LogP contribution in [0.3, 0.4) is 0 Å². The highest BCUT2D eigenvalue weighted by Crippen LogP contribution is 2.27. The second-order valence-electron chi connectivity index (χ2n) is 5.95. The fraction of sp³-hybridized carbons (Fsp3) is 0.300. The fourth-order valence-electron chi connectivity index (χ4n) is 3.14. The summed E-state index contributed by atoms with van der Waals surface area (Å²) in [6, 6.07) is 17.8. The first-order valence-corrected chi connectivity index (χ1v) is 8.16. The highest BCUT2D eigenvalue weighted by molar-refractivity contribution is 5.98. The van der Waals surface area contributed by atoms with Crippen molar-refractivity contribution in [1.29, 1.82) is 0 Å². The van der Waals surface area contributed by atoms with Crippen molar-refractivity contribution >= 4 is 21.5 Å². The molecule has 0 spiro atoms. The van der Waals surface area contributed by atoms with E-state index in [9.17, 15) is 0 Å². The lowest BCUT2D eigenvalue weighted by molar-refractivity contribution is 0.793. The Kier molecular flexibility index (Phi) is 4.71. The molecule has 3 aromatic carbocycles. The molecule has 0 atom stereocenters. The third-order valence-corrected chi connectivity index (χ3v) is 4.32. The lowest BCUT2D eigenvalue weighted by Gasteiger charge is -2.12. The Bertz CT molecular complexity index is 711. The molecule has 3 aromatic rings. The lowest BCUT2D eigenvalue weighted by atomic mass is 9.93. The van der Waals surface area contributed by atoms with Crippen LogP contribution in [0, 0.1) is 0 Å². The van der Waals surface area contributed by atoms with Crippen molar-refractivity contribution < 1.29 is 0 Å². The SMILES string of the molecule is NCCCc1cc2cc3ccccc3cc2cc1CCCN. The summed E-state index contributed by atoms with van der Waals surface area (Å²) in [5.74, 6) is 0. The molecule has 2 heteroatoms. The molecule has 0 saturated heterocycles. The van der Waals surface area contributed by atoms with Gasteiger partial charge in [-0.15, -0.1) is 0 Å². The van der Waals surface area contributed by atoms with E-state index in [4.69, 9.17) is 11.5 Å². The second-order valence-corrected chi connectivity index (χ2v) is 5.95. The van der Waals surface area contributed by atoms with Crippen molar-refractivity contribution in [2.75, 3.05) is 13.1 Å². The van der Waals surface area contributed by atoms with Crippen LogP contribution in [0.2, 0.25) is 0 Å². The van der Waals surface area contributed by atoms with Gasteiger partial charge in [0.1, 0.15) is 0 Å². The first-order valence-electron chi connectivity index (χ1n) is 8.16. The summed E-state index contributed by atoms with van der Waals surface area (Å²) < 4.78 is 0. The average molecular weight is 292 g/mol. The molecule has 0 aliphatic carbocycles. The molecular formula is C20H24N2. The minimum Gasteiger partial charge on any atom is -0.330 e. The smallest absolute Gasteiger partial charge is 0.00741 e. The van der Waals surface area contributed by atoms with Crippen LogP contribution in [0.1, 0.15) is 24.0 Å². The summed E-state index contributed by atoms with van der Waals surface area (Å²) in [5.41, 5.74) is 14.3. The van der Waals surface area contributed by atoms with Crippen molar-refractivity contribution in [1.82, 2.24) is 0 Å². The van der Waals surface area contributed by atoms with Gasteiger partial charge in [0.2, 0.25) is 0 Å². The average Bonchev–Trinajstić information content (AvgIpc) is 2.55. The van der Waals surface area contributed by atoms with Gasteiger partial charge in [-0.1, -0.05) is 36.4 Å². The zero-order chi connectivity index (χ0) is 15.4. The van der Waals surface area contributed by atoms with Crippen LogP contribution in [-0.2, 0) is 12.8 Å². The Balaban J connectivity index is 2.11. The normalized spacial score (nSPS) is 11.4. The van der Waals surface area contributed by atoms with Crippen LogP contribution in [0.4, 0.5) is 0 Å². The second kappa shape index (κ2) is 6.91. The maximum atomic E-state index is 5.69. The molecular weight excluding hydrogens is 268 g/mol. The number of hydrogen-bond donors (Lipinski definition) is 2. The van der Waals surface area contributed by atoms with Gasteiger partial charge in [-0.05, 0) is 83.6 Å². The van der Waals surface area contributed by atoms with Gasteiger partial charge in [0.25, 0.3) is 0 Å². The van der Waals surface area contributed by atoms with Gasteiger partial charge in [-0.3, -0.25) is 0 Å². The number of rotatable bonds is 6. The van der Waals surface area contributed by atoms with Crippen molar-refractivity contribution in [2.24, 2.45) is 11.5 Å². The molecule has 0 heterocycles. The predicted molar refractivity (Wildman–Crippen MR) is 96.2 cm³/mol. The predicted octanol–water partition coefficient (Wildman–Crippen LogP) is 3.78. The summed E-state index contributed by atoms with van der Waals surface area (Å²) in [6.07, 6.45) is 4.18. The maximum Gasteiger partial charge on any atom is -0.00741 e. The minimum atomic E-state index is 0.742. The van der Waals surface area contributed by atoms with E-state index in [1.807, 2.05) is 0 Å². The largest absolute Gasteiger partial charge is 0.330 e. The van der Waals surface area contributed by atoms with Gasteiger partial charge in [-0.25, -0.2) is 0 Å². The Morgan fingerprint density at radius 3 is 1.45 bits per heavy atom. The lowest BCUT2D eigenvalue weighted by Crippen LogP contribution is -2.05. The zero-order valence-corrected chi connectivity index (χ0v) is 13.0. The van der Waals surface area contributed by atoms with Gasteiger partial charge >= 0.3 is 0 Å². The van der Waals surface area contributed by atoms with E-state index in [1.165, 1.54) is 32.7 Å². The molecule has 114 valence electrons. The van der Waals surface area contributed by atoms with Crippen LogP contribution in [0.5, 0.6) is 0 Å². The molecule has 0 fully saturated rings. The Labute approximate surface area is 132 Å². The van der Waals surface area contributed by atoms with Crippen molar-refractivity contribution in [2.45, 2.75) is 25.7 Å². The molecule has 0 aliphatic heterocycles. The van der Waals surface area contributed by atoms with E-state index in [1.54, 1.807) is 0 Å². The molecule has 0 unspecified atom stereocenters. The summed E-state index contributed by atoms with van der Waals surface area (Å²) >= 11 is 0. The van der Waals surface area contributed by atoms with Crippen LogP contribution < -0.4 is 11.5 Å². The standard InChI is InChI=1S/C20H24N2/c21-9-3-7-17-13-19-11-15-5-1-2-6-16(15)12-20(19)14-18(17)8-4-10-22/h1-2,5-6,11-14H,3-4,7-10,21-22H2. The highest BCUT2D eigenvalue weighted by Gasteiger charge is 2.06. The molecule has 4 N–H and O–H groups in total. The van der Waals surface area contributed by atoms with E-state index in [2.05, 4.69) is 48.5 Å². The van der Waals surface area contributed by atoms with Gasteiger partial charge in [0.15, 0.2) is 0 Å². The van der Waals surface area contributed by atoms with Crippen LogP contribution in [0.15, 0.2) is 48.5 Å². The Morgan fingerprint density at radius 2 is 1.05 bits per heavy atom. The number of hydrogen-bond acceptors (Lipinski definition) is 2. The molecule has 22 heavy (non-hydrogen) atoms. The quantitative estimate of drug-likeness (QED) is 0.679. The summed E-state index contributed by atoms with van der Waals surface area (Å²) in [5, 5.41) is 5.24. The molecule has 3 rings (SSSR count). The van der Waals surface area contributed by atoms with E-state index in [0.29, 0.717) is 0 Å². The summed E-state index contributed by atoms with van der Waals surface area (Å²) in [4.78, 5) is 0. The molecule has 0 radical (unpaired) electrons. The summed E-state index contributed by atoms with van der Waals surface area (Å²) in [7, 11) is 0. The van der Waals surface area contributed by atoms with Crippen molar-refractivity contribution in [3.8, 4) is 0 Å². The van der Waals surface area contributed by atoms with E-state index in [0.717, 1.165) is 38.8 Å². The Morgan fingerprint density at radius 1 is 0.591 bits per heavy atom. The van der Waals surface area contributed by atoms with E-state index < -0.39 is 0 Å². The number of nitrogens with two attached hydrogens (primary N) is 2. The highest BCUT2D eigenvalue weighted by atomic mass is 14.5. The molecule has 0 aliphatic rings. The van der Waals surface area contributed by atoms with Crippen LogP contribution in [0.25, 0.3) is 21.5 Å². The molecule has 0 bridgehead atoms. The first kappa shape index (κ1) is 15.0. The van der Waals surface area contributed by atoms with Gasteiger partial charge < -0.3 is 11.5 Å². The van der Waals surface area contributed by atoms with Crippen LogP contribution >= 0.6 is 0 Å². The first-order chi connectivity index (χ1) is 10.8. The molecule has 0 amide bonds. The van der Waals surface area contributed by atoms with Crippen LogP contribution in [-0.4, -0.2) is 13.1 Å². The van der Waals surface area contributed by atoms with Gasteiger partial charge in [0.05, 0.1) is 0 Å². The zero-order valence-electron chi connectivity index (χ0n) is 13.0. The third-order valence-electron chi connectivity index (χ3n) is 4.32. The monoisotopic (exact) mass is 292 g/mol. The van der Waals surface area contributed by atoms with Gasteiger partial charge in [-0.2, -0.15) is 0 Å². The number of aryl methyl sites for hydroxylation is 2. The number of fused-ring (bicyclic) bond motifs is 2. The van der Waals surface area contributed by atoms with Crippen molar-refractivity contribution in [3.05, 3.63) is 59.7 Å². The summed E-state index contributed by atoms with van der Waals surface area (Å²) in [6.45, 7) is 1.48. The fourth-order valence-corrected chi connectivity index (χ4v) is 3.14. The molecule has 0 aromatic heterocycles. The Hall–Kier alpha value is -1.90. The number of benzene rings is 3. The third kappa shape index (κ3) is 3.13. The van der Waals surface area contributed by atoms with Crippen molar-refractivity contribution in [3.63, 3.8) is 0 Å².